The summed E-state index contributed by atoms with van der Waals surface area (Å²) < 4.78 is 36.7. The minimum absolute atomic E-state index is 0.0439. The summed E-state index contributed by atoms with van der Waals surface area (Å²) in [6.07, 6.45) is 0. The average Bonchev–Trinajstić information content (AvgIpc) is 3.06. The molecule has 10 heteroatoms. The number of nitrogens with zero attached hydrogens (tertiary/aromatic N) is 4. The van der Waals surface area contributed by atoms with Crippen LogP contribution in [-0.2, 0) is 21.8 Å². The molecule has 0 unspecified atom stereocenters. The lowest BCUT2D eigenvalue weighted by Crippen LogP contribution is -2.55. The molecule has 0 atom stereocenters. The van der Waals surface area contributed by atoms with Crippen LogP contribution in [0.3, 0.4) is 0 Å². The topological polar surface area (TPSA) is 93.9 Å². The van der Waals surface area contributed by atoms with Gasteiger partial charge in [-0.05, 0) is 51.1 Å². The Kier molecular flexibility index (Phi) is 6.37. The molecule has 9 nitrogen and oxygen atoms in total. The molecule has 0 aliphatic carbocycles. The number of hydrogen-bond acceptors (Lipinski definition) is 5. The van der Waals surface area contributed by atoms with Crippen LogP contribution in [0.15, 0.2) is 64.3 Å². The van der Waals surface area contributed by atoms with E-state index < -0.39 is 21.1 Å². The van der Waals surface area contributed by atoms with Gasteiger partial charge in [-0.15, -0.1) is 0 Å². The number of rotatable bonds is 5. The Morgan fingerprint density at radius 1 is 1.09 bits per heavy atom. The van der Waals surface area contributed by atoms with E-state index in [1.807, 2.05) is 32.0 Å². The van der Waals surface area contributed by atoms with Crippen LogP contribution in [0.1, 0.15) is 29.9 Å². The predicted octanol–water partition coefficient (Wildman–Crippen LogP) is 2.56. The van der Waals surface area contributed by atoms with Crippen LogP contribution >= 0.6 is 0 Å². The van der Waals surface area contributed by atoms with E-state index in [-0.39, 0.29) is 22.1 Å². The van der Waals surface area contributed by atoms with E-state index in [0.29, 0.717) is 31.1 Å². The van der Waals surface area contributed by atoms with E-state index in [2.05, 4.69) is 0 Å². The Morgan fingerprint density at radius 2 is 1.77 bits per heavy atom. The smallest absolute Gasteiger partial charge is 0.296 e. The van der Waals surface area contributed by atoms with E-state index in [9.17, 15) is 18.0 Å². The molecular formula is C25H30N4O5S. The predicted molar refractivity (Wildman–Crippen MR) is 134 cm³/mol. The van der Waals surface area contributed by atoms with Crippen LogP contribution < -0.4 is 9.86 Å². The first-order chi connectivity index (χ1) is 16.5. The fourth-order valence-electron chi connectivity index (χ4n) is 4.38. The van der Waals surface area contributed by atoms with Gasteiger partial charge in [-0.1, -0.05) is 24.3 Å². The maximum absolute atomic E-state index is 13.6. The molecule has 35 heavy (non-hydrogen) atoms. The molecule has 0 saturated carbocycles. The number of carbonyl (C=O) groups is 1. The number of aromatic nitrogens is 2. The van der Waals surface area contributed by atoms with Crippen LogP contribution in [0, 0.1) is 6.92 Å². The Balaban J connectivity index is 1.73. The number of morpholine rings is 1. The molecule has 1 aliphatic rings. The number of amides is 1. The first-order valence-corrected chi connectivity index (χ1v) is 12.7. The van der Waals surface area contributed by atoms with E-state index in [1.165, 1.54) is 23.9 Å². The normalized spacial score (nSPS) is 15.7. The zero-order valence-electron chi connectivity index (χ0n) is 20.6. The highest BCUT2D eigenvalue weighted by Gasteiger charge is 2.35. The van der Waals surface area contributed by atoms with Gasteiger partial charge in [0.2, 0.25) is 0 Å². The van der Waals surface area contributed by atoms with Crippen molar-refractivity contribution >= 4 is 21.6 Å². The second-order valence-electron chi connectivity index (χ2n) is 9.23. The summed E-state index contributed by atoms with van der Waals surface area (Å²) in [6.45, 7) is 6.77. The fourth-order valence-corrected chi connectivity index (χ4v) is 5.67. The molecule has 2 heterocycles. The molecule has 1 saturated heterocycles. The van der Waals surface area contributed by atoms with Crippen molar-refractivity contribution in [3.05, 3.63) is 76.2 Å². The van der Waals surface area contributed by atoms with E-state index in [0.717, 1.165) is 4.31 Å². The van der Waals surface area contributed by atoms with Crippen LogP contribution in [0.2, 0.25) is 0 Å². The molecular weight excluding hydrogens is 468 g/mol. The SMILES string of the molecule is Cc1c(N(C)S(=O)(=O)c2cccc(C(=O)N3CCOCC3(C)C)c2)c(=O)n(-c2ccccc2)n1C. The molecule has 2 aromatic carbocycles. The monoisotopic (exact) mass is 498 g/mol. The second-order valence-corrected chi connectivity index (χ2v) is 11.2. The highest BCUT2D eigenvalue weighted by atomic mass is 32.2. The van der Waals surface area contributed by atoms with Crippen LogP contribution in [0.4, 0.5) is 5.69 Å². The second kappa shape index (κ2) is 9.01. The van der Waals surface area contributed by atoms with Gasteiger partial charge in [0.1, 0.15) is 5.69 Å². The number of carbonyl (C=O) groups excluding carboxylic acids is 1. The third-order valence-electron chi connectivity index (χ3n) is 6.47. The standard InChI is InChI=1S/C25H30N4O5S/c1-18-22(24(31)29(26(18)4)20-11-7-6-8-12-20)27(5)35(32,33)21-13-9-10-19(16-21)23(30)28-14-15-34-17-25(28,2)3/h6-13,16H,14-15,17H2,1-5H3. The highest BCUT2D eigenvalue weighted by molar-refractivity contribution is 7.92. The van der Waals surface area contributed by atoms with Crippen LogP contribution in [0.5, 0.6) is 0 Å². The lowest BCUT2D eigenvalue weighted by Gasteiger charge is -2.42. The maximum atomic E-state index is 13.6. The van der Waals surface area contributed by atoms with Crippen LogP contribution in [0.25, 0.3) is 5.69 Å². The highest BCUT2D eigenvalue weighted by Crippen LogP contribution is 2.26. The van der Waals surface area contributed by atoms with E-state index >= 15 is 0 Å². The summed E-state index contributed by atoms with van der Waals surface area (Å²) in [6, 6.07) is 15.0. The molecule has 3 aromatic rings. The lowest BCUT2D eigenvalue weighted by atomic mass is 10.0. The molecule has 186 valence electrons. The molecule has 1 aromatic heterocycles. The minimum atomic E-state index is -4.13. The summed E-state index contributed by atoms with van der Waals surface area (Å²) in [5.41, 5.74) is 0.464. The van der Waals surface area contributed by atoms with Gasteiger partial charge in [0.15, 0.2) is 0 Å². The van der Waals surface area contributed by atoms with Gasteiger partial charge in [-0.2, -0.15) is 0 Å². The first kappa shape index (κ1) is 24.7. The van der Waals surface area contributed by atoms with Gasteiger partial charge in [-0.3, -0.25) is 18.6 Å². The van der Waals surface area contributed by atoms with Gasteiger partial charge in [0, 0.05) is 26.2 Å². The summed E-state index contributed by atoms with van der Waals surface area (Å²) in [5, 5.41) is 0. The number of sulfonamides is 1. The summed E-state index contributed by atoms with van der Waals surface area (Å²) in [4.78, 5) is 28.2. The van der Waals surface area contributed by atoms with E-state index in [4.69, 9.17) is 4.74 Å². The van der Waals surface area contributed by atoms with Gasteiger partial charge in [0.25, 0.3) is 21.5 Å². The molecule has 4 rings (SSSR count). The molecule has 1 aliphatic heterocycles. The van der Waals surface area contributed by atoms with Gasteiger partial charge >= 0.3 is 0 Å². The van der Waals surface area contributed by atoms with Crippen molar-refractivity contribution in [2.75, 3.05) is 31.1 Å². The van der Waals surface area contributed by atoms with Crippen molar-refractivity contribution in [3.8, 4) is 5.69 Å². The quantitative estimate of drug-likeness (QED) is 0.539. The van der Waals surface area contributed by atoms with Crippen molar-refractivity contribution in [2.24, 2.45) is 7.05 Å². The Hall–Kier alpha value is -3.37. The Labute approximate surface area is 205 Å². The van der Waals surface area contributed by atoms with Crippen molar-refractivity contribution < 1.29 is 17.9 Å². The van der Waals surface area contributed by atoms with Crippen LogP contribution in [-0.4, -0.2) is 60.9 Å². The molecule has 1 amide bonds. The number of hydrogen-bond donors (Lipinski definition) is 0. The summed E-state index contributed by atoms with van der Waals surface area (Å²) in [7, 11) is -1.07. The third-order valence-corrected chi connectivity index (χ3v) is 8.22. The van der Waals surface area contributed by atoms with E-state index in [1.54, 1.807) is 47.8 Å². The third kappa shape index (κ3) is 4.28. The minimum Gasteiger partial charge on any atom is -0.377 e. The van der Waals surface area contributed by atoms with Gasteiger partial charge in [0.05, 0.1) is 35.0 Å². The zero-order valence-corrected chi connectivity index (χ0v) is 21.4. The fraction of sp³-hybridized carbons (Fsp3) is 0.360. The number of anilines is 1. The molecule has 0 spiro atoms. The molecule has 0 bridgehead atoms. The first-order valence-electron chi connectivity index (χ1n) is 11.3. The van der Waals surface area contributed by atoms with Gasteiger partial charge in [-0.25, -0.2) is 13.1 Å². The largest absolute Gasteiger partial charge is 0.377 e. The number of benzene rings is 2. The molecule has 1 fully saturated rings. The molecule has 0 radical (unpaired) electrons. The zero-order chi connectivity index (χ0) is 25.5. The Bertz CT molecular complexity index is 1420. The number of ether oxygens (including phenoxy) is 1. The maximum Gasteiger partial charge on any atom is 0.296 e. The van der Waals surface area contributed by atoms with Gasteiger partial charge < -0.3 is 9.64 Å². The van der Waals surface area contributed by atoms with Crippen molar-refractivity contribution in [3.63, 3.8) is 0 Å². The van der Waals surface area contributed by atoms with Crippen molar-refractivity contribution in [2.45, 2.75) is 31.2 Å². The molecule has 0 N–H and O–H groups in total. The lowest BCUT2D eigenvalue weighted by molar-refractivity contribution is -0.0370. The average molecular weight is 499 g/mol. The summed E-state index contributed by atoms with van der Waals surface area (Å²) in [5.74, 6) is -0.264. The summed E-state index contributed by atoms with van der Waals surface area (Å²) >= 11 is 0. The number of para-hydroxylation sites is 1. The van der Waals surface area contributed by atoms with Crippen molar-refractivity contribution in [1.82, 2.24) is 14.3 Å². The van der Waals surface area contributed by atoms with Crippen molar-refractivity contribution in [1.29, 1.82) is 0 Å². The Morgan fingerprint density at radius 3 is 2.43 bits per heavy atom.